The largest absolute Gasteiger partial charge is 0.497 e. The molecule has 0 aromatic heterocycles. The van der Waals surface area contributed by atoms with Gasteiger partial charge in [0.1, 0.15) is 11.9 Å². The average molecular weight is 366 g/mol. The van der Waals surface area contributed by atoms with Gasteiger partial charge in [0.25, 0.3) is 0 Å². The third-order valence-corrected chi connectivity index (χ3v) is 4.53. The first-order valence-corrected chi connectivity index (χ1v) is 9.24. The molecule has 0 N–H and O–H groups in total. The Bertz CT molecular complexity index is 716. The number of terminal acetylenes is 1. The molecule has 3 rings (SSSR count). The van der Waals surface area contributed by atoms with Gasteiger partial charge < -0.3 is 18.9 Å². The number of rotatable bonds is 11. The highest BCUT2D eigenvalue weighted by Gasteiger charge is 2.28. The van der Waals surface area contributed by atoms with E-state index in [-0.39, 0.29) is 18.3 Å². The zero-order chi connectivity index (χ0) is 18.9. The van der Waals surface area contributed by atoms with Crippen molar-refractivity contribution in [2.45, 2.75) is 44.4 Å². The maximum absolute atomic E-state index is 6.14. The number of hydrogen-bond acceptors (Lipinski definition) is 4. The maximum atomic E-state index is 6.14. The zero-order valence-corrected chi connectivity index (χ0v) is 15.7. The SMILES string of the molecule is C#C[C@@H](C[C@@H](C[C@H]1CO1)OCc1ccc(OC)cc1)OCc1ccccc1. The predicted molar refractivity (Wildman–Crippen MR) is 104 cm³/mol. The van der Waals surface area contributed by atoms with E-state index in [9.17, 15) is 0 Å². The van der Waals surface area contributed by atoms with Gasteiger partial charge in [-0.05, 0) is 23.3 Å². The van der Waals surface area contributed by atoms with Crippen LogP contribution >= 0.6 is 0 Å². The Kier molecular flexibility index (Phi) is 7.29. The molecule has 1 fully saturated rings. The second-order valence-electron chi connectivity index (χ2n) is 6.66. The highest BCUT2D eigenvalue weighted by molar-refractivity contribution is 5.26. The first kappa shape index (κ1) is 19.4. The number of methoxy groups -OCH3 is 1. The molecule has 3 atom stereocenters. The van der Waals surface area contributed by atoms with Gasteiger partial charge in [-0.3, -0.25) is 0 Å². The minimum atomic E-state index is -0.287. The fourth-order valence-electron chi connectivity index (χ4n) is 2.86. The Labute approximate surface area is 161 Å². The van der Waals surface area contributed by atoms with Crippen LogP contribution in [0.4, 0.5) is 0 Å². The molecule has 0 bridgehead atoms. The van der Waals surface area contributed by atoms with Crippen molar-refractivity contribution in [3.05, 3.63) is 65.7 Å². The molecule has 0 unspecified atom stereocenters. The molecule has 2 aromatic rings. The van der Waals surface area contributed by atoms with Crippen molar-refractivity contribution in [1.82, 2.24) is 0 Å². The Morgan fingerprint density at radius 3 is 2.33 bits per heavy atom. The second kappa shape index (κ2) is 10.1. The van der Waals surface area contributed by atoms with Crippen LogP contribution in [0.1, 0.15) is 24.0 Å². The van der Waals surface area contributed by atoms with Crippen molar-refractivity contribution >= 4 is 0 Å². The van der Waals surface area contributed by atoms with Crippen LogP contribution in [0.15, 0.2) is 54.6 Å². The molecular weight excluding hydrogens is 340 g/mol. The van der Waals surface area contributed by atoms with Crippen molar-refractivity contribution in [3.63, 3.8) is 0 Å². The fourth-order valence-corrected chi connectivity index (χ4v) is 2.86. The monoisotopic (exact) mass is 366 g/mol. The average Bonchev–Trinajstić information content (AvgIpc) is 3.54. The molecule has 27 heavy (non-hydrogen) atoms. The van der Waals surface area contributed by atoms with Crippen LogP contribution in [0, 0.1) is 12.3 Å². The fraction of sp³-hybridized carbons (Fsp3) is 0.391. The molecule has 0 aliphatic carbocycles. The summed E-state index contributed by atoms with van der Waals surface area (Å²) in [5.41, 5.74) is 2.21. The first-order valence-electron chi connectivity index (χ1n) is 9.24. The molecule has 4 heteroatoms. The van der Waals surface area contributed by atoms with Crippen molar-refractivity contribution in [3.8, 4) is 18.1 Å². The van der Waals surface area contributed by atoms with E-state index in [0.29, 0.717) is 19.6 Å². The Balaban J connectivity index is 1.51. The lowest BCUT2D eigenvalue weighted by atomic mass is 10.1. The lowest BCUT2D eigenvalue weighted by molar-refractivity contribution is -0.0162. The molecule has 0 amide bonds. The summed E-state index contributed by atoms with van der Waals surface area (Å²) in [5.74, 6) is 3.59. The normalized spacial score (nSPS) is 17.7. The lowest BCUT2D eigenvalue weighted by Gasteiger charge is -2.21. The summed E-state index contributed by atoms with van der Waals surface area (Å²) in [6, 6.07) is 17.9. The van der Waals surface area contributed by atoms with Crippen LogP contribution in [0.25, 0.3) is 0 Å². The quantitative estimate of drug-likeness (QED) is 0.446. The van der Waals surface area contributed by atoms with Crippen molar-refractivity contribution in [1.29, 1.82) is 0 Å². The van der Waals surface area contributed by atoms with Crippen molar-refractivity contribution in [2.75, 3.05) is 13.7 Å². The molecule has 1 aliphatic rings. The van der Waals surface area contributed by atoms with E-state index in [1.54, 1.807) is 7.11 Å². The molecule has 142 valence electrons. The van der Waals surface area contributed by atoms with Crippen LogP contribution in [-0.4, -0.2) is 32.0 Å². The minimum absolute atomic E-state index is 0.00331. The Morgan fingerprint density at radius 1 is 1.04 bits per heavy atom. The van der Waals surface area contributed by atoms with Gasteiger partial charge >= 0.3 is 0 Å². The predicted octanol–water partition coefficient (Wildman–Crippen LogP) is 3.98. The van der Waals surface area contributed by atoms with Gasteiger partial charge in [0.15, 0.2) is 0 Å². The van der Waals surface area contributed by atoms with Gasteiger partial charge in [-0.15, -0.1) is 6.42 Å². The van der Waals surface area contributed by atoms with Crippen LogP contribution < -0.4 is 4.74 Å². The van der Waals surface area contributed by atoms with Gasteiger partial charge in [-0.25, -0.2) is 0 Å². The lowest BCUT2D eigenvalue weighted by Crippen LogP contribution is -2.24. The number of hydrogen-bond donors (Lipinski definition) is 0. The Hall–Kier alpha value is -2.32. The minimum Gasteiger partial charge on any atom is -0.497 e. The summed E-state index contributed by atoms with van der Waals surface area (Å²) >= 11 is 0. The molecule has 1 saturated heterocycles. The third kappa shape index (κ3) is 6.73. The maximum Gasteiger partial charge on any atom is 0.120 e. The summed E-state index contributed by atoms with van der Waals surface area (Å²) in [6.45, 7) is 1.83. The van der Waals surface area contributed by atoms with E-state index >= 15 is 0 Å². The third-order valence-electron chi connectivity index (χ3n) is 4.53. The van der Waals surface area contributed by atoms with Crippen molar-refractivity contribution in [2.24, 2.45) is 0 Å². The van der Waals surface area contributed by atoms with Gasteiger partial charge in [0.05, 0.1) is 39.1 Å². The van der Waals surface area contributed by atoms with E-state index in [4.69, 9.17) is 25.4 Å². The summed E-state index contributed by atoms with van der Waals surface area (Å²) in [7, 11) is 1.66. The summed E-state index contributed by atoms with van der Waals surface area (Å²) in [4.78, 5) is 0. The van der Waals surface area contributed by atoms with E-state index in [2.05, 4.69) is 5.92 Å². The van der Waals surface area contributed by atoms with Crippen LogP contribution in [0.5, 0.6) is 5.75 Å². The summed E-state index contributed by atoms with van der Waals surface area (Å²) in [5, 5.41) is 0. The smallest absolute Gasteiger partial charge is 0.120 e. The van der Waals surface area contributed by atoms with Gasteiger partial charge in [-0.2, -0.15) is 0 Å². The molecule has 1 aliphatic heterocycles. The summed E-state index contributed by atoms with van der Waals surface area (Å²) in [6.07, 6.45) is 7.17. The highest BCUT2D eigenvalue weighted by Crippen LogP contribution is 2.23. The topological polar surface area (TPSA) is 40.2 Å². The van der Waals surface area contributed by atoms with Crippen molar-refractivity contribution < 1.29 is 18.9 Å². The van der Waals surface area contributed by atoms with Gasteiger partial charge in [0, 0.05) is 12.8 Å². The van der Waals surface area contributed by atoms with E-state index in [0.717, 1.165) is 29.9 Å². The highest BCUT2D eigenvalue weighted by atomic mass is 16.6. The Morgan fingerprint density at radius 2 is 1.70 bits per heavy atom. The standard InChI is InChI=1S/C23H26O4/c1-3-20(25-15-18-7-5-4-6-8-18)13-22(14-23-17-27-23)26-16-19-9-11-21(24-2)12-10-19/h1,4-12,20,22-23H,13-17H2,2H3/t20-,22-,23-/m0/s1. The molecule has 0 spiro atoms. The second-order valence-corrected chi connectivity index (χ2v) is 6.66. The number of ether oxygens (including phenoxy) is 4. The van der Waals surface area contributed by atoms with Gasteiger partial charge in [0.2, 0.25) is 0 Å². The number of benzene rings is 2. The molecule has 0 saturated carbocycles. The van der Waals surface area contributed by atoms with Gasteiger partial charge in [-0.1, -0.05) is 48.4 Å². The summed E-state index contributed by atoms with van der Waals surface area (Å²) < 4.78 is 22.6. The molecule has 4 nitrogen and oxygen atoms in total. The van der Waals surface area contributed by atoms with Crippen LogP contribution in [0.3, 0.4) is 0 Å². The zero-order valence-electron chi connectivity index (χ0n) is 15.7. The molecule has 1 heterocycles. The van der Waals surface area contributed by atoms with E-state index in [1.165, 1.54) is 0 Å². The van der Waals surface area contributed by atoms with Crippen LogP contribution in [0.2, 0.25) is 0 Å². The molecule has 0 radical (unpaired) electrons. The van der Waals surface area contributed by atoms with E-state index in [1.807, 2.05) is 54.6 Å². The molecule has 2 aromatic carbocycles. The number of epoxide rings is 1. The van der Waals surface area contributed by atoms with E-state index < -0.39 is 0 Å². The molecular formula is C23H26O4. The first-order chi connectivity index (χ1) is 13.3. The van der Waals surface area contributed by atoms with Crippen LogP contribution in [-0.2, 0) is 27.4 Å².